The van der Waals surface area contributed by atoms with E-state index in [0.29, 0.717) is 10.7 Å². The smallest absolute Gasteiger partial charge is 0.282 e. The largest absolute Gasteiger partial charge is 0.331 e. The molecule has 2 rings (SSSR count). The van der Waals surface area contributed by atoms with Crippen LogP contribution in [0.5, 0.6) is 0 Å². The average molecular weight is 385 g/mol. The summed E-state index contributed by atoms with van der Waals surface area (Å²) in [5, 5.41) is 14.6. The van der Waals surface area contributed by atoms with Crippen LogP contribution in [0.3, 0.4) is 0 Å². The average Bonchev–Trinajstić information content (AvgIpc) is 2.54. The highest BCUT2D eigenvalue weighted by Crippen LogP contribution is 2.22. The number of benzene rings is 2. The first kappa shape index (κ1) is 17.9. The highest BCUT2D eigenvalue weighted by atomic mass is 35.5. The molecule has 0 unspecified atom stereocenters. The van der Waals surface area contributed by atoms with Gasteiger partial charge in [0.05, 0.1) is 4.92 Å². The maximum atomic E-state index is 12.1. The van der Waals surface area contributed by atoms with Crippen LogP contribution in [0.2, 0.25) is 10.0 Å². The van der Waals surface area contributed by atoms with Gasteiger partial charge in [-0.05, 0) is 48.6 Å². The van der Waals surface area contributed by atoms with Crippen molar-refractivity contribution in [1.82, 2.24) is 10.9 Å². The Morgan fingerprint density at radius 2 is 1.67 bits per heavy atom. The van der Waals surface area contributed by atoms with Crippen molar-refractivity contribution in [3.05, 3.63) is 68.2 Å². The number of thiocarbonyl (C=S) groups is 1. The number of nitro benzene ring substituents is 1. The molecule has 10 heteroatoms. The van der Waals surface area contributed by atoms with E-state index in [4.69, 9.17) is 35.4 Å². The molecule has 2 aromatic carbocycles. The molecule has 0 aromatic heterocycles. The number of hydrogen-bond donors (Lipinski definition) is 3. The molecule has 0 atom stereocenters. The van der Waals surface area contributed by atoms with Gasteiger partial charge in [-0.25, -0.2) is 0 Å². The van der Waals surface area contributed by atoms with Gasteiger partial charge in [-0.2, -0.15) is 0 Å². The van der Waals surface area contributed by atoms with Gasteiger partial charge < -0.3 is 5.32 Å². The fourth-order valence-electron chi connectivity index (χ4n) is 1.73. The lowest BCUT2D eigenvalue weighted by Gasteiger charge is -2.12. The first-order valence-corrected chi connectivity index (χ1v) is 7.60. The quantitative estimate of drug-likeness (QED) is 0.425. The lowest BCUT2D eigenvalue weighted by atomic mass is 10.2. The molecule has 124 valence electrons. The standard InChI is InChI=1S/C14H10Cl2N4O3S/c15-8-1-4-10(5-2-8)17-14(24)19-18-13(21)11-7-9(16)3-6-12(11)20(22)23/h1-7H,(H,18,21)(H2,17,19,24). The summed E-state index contributed by atoms with van der Waals surface area (Å²) in [6, 6.07) is 10.4. The molecule has 0 aliphatic heterocycles. The number of nitro groups is 1. The van der Waals surface area contributed by atoms with Crippen molar-refractivity contribution in [2.24, 2.45) is 0 Å². The molecular weight excluding hydrogens is 375 g/mol. The highest BCUT2D eigenvalue weighted by molar-refractivity contribution is 7.80. The van der Waals surface area contributed by atoms with E-state index in [2.05, 4.69) is 16.2 Å². The van der Waals surface area contributed by atoms with E-state index in [-0.39, 0.29) is 21.4 Å². The number of rotatable bonds is 3. The molecule has 3 N–H and O–H groups in total. The van der Waals surface area contributed by atoms with Gasteiger partial charge in [0, 0.05) is 21.8 Å². The van der Waals surface area contributed by atoms with Crippen molar-refractivity contribution in [2.45, 2.75) is 0 Å². The summed E-state index contributed by atoms with van der Waals surface area (Å²) >= 11 is 16.6. The summed E-state index contributed by atoms with van der Waals surface area (Å²) in [5.74, 6) is -0.746. The van der Waals surface area contributed by atoms with Gasteiger partial charge in [0.1, 0.15) is 5.56 Å². The zero-order chi connectivity index (χ0) is 17.7. The molecule has 0 aliphatic carbocycles. The summed E-state index contributed by atoms with van der Waals surface area (Å²) < 4.78 is 0. The number of carbonyl (C=O) groups excluding carboxylic acids is 1. The number of amides is 1. The molecule has 0 radical (unpaired) electrons. The molecule has 0 saturated heterocycles. The van der Waals surface area contributed by atoms with Crippen molar-refractivity contribution < 1.29 is 9.72 Å². The SMILES string of the molecule is O=C(NNC(=S)Nc1ccc(Cl)cc1)c1cc(Cl)ccc1[N+](=O)[O-]. The van der Waals surface area contributed by atoms with E-state index in [1.54, 1.807) is 24.3 Å². The Labute approximate surface area is 152 Å². The van der Waals surface area contributed by atoms with Crippen molar-refractivity contribution in [2.75, 3.05) is 5.32 Å². The van der Waals surface area contributed by atoms with Crippen LogP contribution in [0.25, 0.3) is 0 Å². The van der Waals surface area contributed by atoms with Crippen LogP contribution in [0.15, 0.2) is 42.5 Å². The fourth-order valence-corrected chi connectivity index (χ4v) is 2.19. The zero-order valence-corrected chi connectivity index (χ0v) is 14.2. The first-order valence-electron chi connectivity index (χ1n) is 6.43. The van der Waals surface area contributed by atoms with E-state index in [0.717, 1.165) is 6.07 Å². The minimum atomic E-state index is -0.746. The summed E-state index contributed by atoms with van der Waals surface area (Å²) in [5.41, 5.74) is 4.82. The van der Waals surface area contributed by atoms with Crippen LogP contribution in [0, 0.1) is 10.1 Å². The number of nitrogens with zero attached hydrogens (tertiary/aromatic N) is 1. The molecule has 0 spiro atoms. The van der Waals surface area contributed by atoms with E-state index >= 15 is 0 Å². The van der Waals surface area contributed by atoms with Gasteiger partial charge >= 0.3 is 0 Å². The minimum absolute atomic E-state index is 0.0929. The Bertz CT molecular complexity index is 799. The number of hydrogen-bond acceptors (Lipinski definition) is 4. The van der Waals surface area contributed by atoms with Crippen LogP contribution < -0.4 is 16.2 Å². The Kier molecular flexibility index (Phi) is 5.91. The van der Waals surface area contributed by atoms with Gasteiger partial charge in [-0.1, -0.05) is 23.2 Å². The molecule has 7 nitrogen and oxygen atoms in total. The maximum Gasteiger partial charge on any atom is 0.282 e. The van der Waals surface area contributed by atoms with Crippen LogP contribution in [-0.2, 0) is 0 Å². The lowest BCUT2D eigenvalue weighted by Crippen LogP contribution is -2.43. The van der Waals surface area contributed by atoms with Crippen LogP contribution in [0.4, 0.5) is 11.4 Å². The zero-order valence-electron chi connectivity index (χ0n) is 11.9. The second kappa shape index (κ2) is 7.91. The predicted octanol–water partition coefficient (Wildman–Crippen LogP) is 3.53. The summed E-state index contributed by atoms with van der Waals surface area (Å²) in [6.07, 6.45) is 0. The van der Waals surface area contributed by atoms with E-state index in [1.165, 1.54) is 12.1 Å². The predicted molar refractivity (Wildman–Crippen MR) is 96.4 cm³/mol. The Morgan fingerprint density at radius 1 is 1.04 bits per heavy atom. The third kappa shape index (κ3) is 4.79. The van der Waals surface area contributed by atoms with Crippen LogP contribution in [0.1, 0.15) is 10.4 Å². The summed E-state index contributed by atoms with van der Waals surface area (Å²) in [4.78, 5) is 22.4. The monoisotopic (exact) mass is 384 g/mol. The van der Waals surface area contributed by atoms with E-state index in [9.17, 15) is 14.9 Å². The molecule has 2 aromatic rings. The normalized spacial score (nSPS) is 9.92. The van der Waals surface area contributed by atoms with Gasteiger partial charge in [0.25, 0.3) is 11.6 Å². The van der Waals surface area contributed by atoms with Gasteiger partial charge in [0.2, 0.25) is 0 Å². The number of anilines is 1. The van der Waals surface area contributed by atoms with Crippen LogP contribution >= 0.6 is 35.4 Å². The summed E-state index contributed by atoms with van der Waals surface area (Å²) in [7, 11) is 0. The van der Waals surface area contributed by atoms with Crippen molar-refractivity contribution in [3.63, 3.8) is 0 Å². The number of carbonyl (C=O) groups is 1. The van der Waals surface area contributed by atoms with Crippen LogP contribution in [-0.4, -0.2) is 15.9 Å². The van der Waals surface area contributed by atoms with Crippen molar-refractivity contribution in [3.8, 4) is 0 Å². The maximum absolute atomic E-state index is 12.1. The molecular formula is C14H10Cl2N4O3S. The van der Waals surface area contributed by atoms with E-state index < -0.39 is 10.8 Å². The summed E-state index contributed by atoms with van der Waals surface area (Å²) in [6.45, 7) is 0. The van der Waals surface area contributed by atoms with Gasteiger partial charge in [0.15, 0.2) is 5.11 Å². The van der Waals surface area contributed by atoms with Crippen molar-refractivity contribution >= 4 is 57.8 Å². The van der Waals surface area contributed by atoms with Crippen molar-refractivity contribution in [1.29, 1.82) is 0 Å². The molecule has 0 saturated carbocycles. The second-order valence-electron chi connectivity index (χ2n) is 4.46. The molecule has 24 heavy (non-hydrogen) atoms. The molecule has 1 amide bonds. The first-order chi connectivity index (χ1) is 11.4. The van der Waals surface area contributed by atoms with Gasteiger partial charge in [-0.15, -0.1) is 0 Å². The molecule has 0 bridgehead atoms. The molecule has 0 heterocycles. The van der Waals surface area contributed by atoms with Gasteiger partial charge in [-0.3, -0.25) is 25.8 Å². The molecule has 0 aliphatic rings. The lowest BCUT2D eigenvalue weighted by molar-refractivity contribution is -0.385. The third-order valence-corrected chi connectivity index (χ3v) is 3.48. The number of halogens is 2. The Hall–Kier alpha value is -2.42. The van der Waals surface area contributed by atoms with E-state index in [1.807, 2.05) is 0 Å². The minimum Gasteiger partial charge on any atom is -0.331 e. The number of hydrazine groups is 1. The Morgan fingerprint density at radius 3 is 2.29 bits per heavy atom. The highest BCUT2D eigenvalue weighted by Gasteiger charge is 2.20. The second-order valence-corrected chi connectivity index (χ2v) is 5.74. The molecule has 0 fully saturated rings. The third-order valence-electron chi connectivity index (χ3n) is 2.79. The topological polar surface area (TPSA) is 96.3 Å². The fraction of sp³-hybridized carbons (Fsp3) is 0. The number of nitrogens with one attached hydrogen (secondary N) is 3. The Balaban J connectivity index is 2.00.